The lowest BCUT2D eigenvalue weighted by Crippen LogP contribution is -2.29. The summed E-state index contributed by atoms with van der Waals surface area (Å²) in [5.41, 5.74) is 2.34. The number of amides is 1. The summed E-state index contributed by atoms with van der Waals surface area (Å²) in [6.07, 6.45) is 3.86. The van der Waals surface area contributed by atoms with Gasteiger partial charge < -0.3 is 19.5 Å². The zero-order valence-corrected chi connectivity index (χ0v) is 19.5. The summed E-state index contributed by atoms with van der Waals surface area (Å²) in [6, 6.07) is 0. The van der Waals surface area contributed by atoms with E-state index in [1.807, 2.05) is 11.7 Å². The molecule has 0 unspecified atom stereocenters. The molecule has 1 aromatic heterocycles. The third kappa shape index (κ3) is 8.17. The highest BCUT2D eigenvalue weighted by atomic mass is 16.6. The third-order valence-electron chi connectivity index (χ3n) is 6.28. The predicted molar refractivity (Wildman–Crippen MR) is 117 cm³/mol. The second-order valence-electron chi connectivity index (χ2n) is 8.71. The number of Topliss-reactive ketones (excluding diaryl/α,β-unsaturated/α-hetero) is 2. The lowest BCUT2D eigenvalue weighted by atomic mass is 10.0. The number of nitrogens with one attached hydrogen (secondary N) is 2. The third-order valence-corrected chi connectivity index (χ3v) is 6.28. The number of hydrogen-bond donors (Lipinski definition) is 2. The maximum atomic E-state index is 11.9. The minimum atomic E-state index is -0.479. The van der Waals surface area contributed by atoms with Crippen LogP contribution in [0.25, 0.3) is 0 Å². The Labute approximate surface area is 193 Å². The first-order valence-electron chi connectivity index (χ1n) is 11.6. The summed E-state index contributed by atoms with van der Waals surface area (Å²) < 4.78 is 17.9. The molecule has 0 saturated heterocycles. The molecule has 3 atom stereocenters. The van der Waals surface area contributed by atoms with Gasteiger partial charge in [-0.2, -0.15) is 0 Å². The van der Waals surface area contributed by atoms with Gasteiger partial charge in [0.25, 0.3) is 0 Å². The molecule has 2 aliphatic rings. The number of rotatable bonds is 14. The van der Waals surface area contributed by atoms with E-state index in [0.717, 1.165) is 31.4 Å². The first-order chi connectivity index (χ1) is 16.0. The number of hydrogen-bond acceptors (Lipinski definition) is 9. The van der Waals surface area contributed by atoms with E-state index in [4.69, 9.17) is 14.2 Å². The van der Waals surface area contributed by atoms with E-state index < -0.39 is 6.09 Å². The van der Waals surface area contributed by atoms with Crippen molar-refractivity contribution in [2.75, 3.05) is 46.2 Å². The van der Waals surface area contributed by atoms with Crippen LogP contribution in [-0.4, -0.2) is 78.9 Å². The van der Waals surface area contributed by atoms with Crippen molar-refractivity contribution in [3.63, 3.8) is 0 Å². The van der Waals surface area contributed by atoms with Crippen molar-refractivity contribution >= 4 is 17.7 Å². The first kappa shape index (κ1) is 25.3. The summed E-state index contributed by atoms with van der Waals surface area (Å²) in [5.74, 6) is 1.60. The first-order valence-corrected chi connectivity index (χ1v) is 11.6. The molecule has 184 valence electrons. The number of aromatic nitrogens is 3. The van der Waals surface area contributed by atoms with Crippen molar-refractivity contribution in [1.82, 2.24) is 25.6 Å². The van der Waals surface area contributed by atoms with Crippen molar-refractivity contribution in [3.05, 3.63) is 11.4 Å². The molecule has 0 aromatic carbocycles. The molecule has 0 aliphatic heterocycles. The Morgan fingerprint density at radius 3 is 2.61 bits per heavy atom. The minimum Gasteiger partial charge on any atom is -0.449 e. The van der Waals surface area contributed by atoms with Gasteiger partial charge in [0.15, 0.2) is 0 Å². The Morgan fingerprint density at radius 2 is 1.82 bits per heavy atom. The standard InChI is InChI=1S/C22H35N5O6/c1-15(28)11-23-12-16(29)7-8-31-9-10-32-14-24-22(30)33-13-19-17-3-5-20-21(6-4-18(17)19)27(2)26-25-20/h17-19,23H,3-14H2,1-2H3,(H,24,30)/t17-,18+,19-/m1/s1. The molecule has 2 aliphatic carbocycles. The summed E-state index contributed by atoms with van der Waals surface area (Å²) >= 11 is 0. The minimum absolute atomic E-state index is 0.00730. The zero-order valence-electron chi connectivity index (χ0n) is 19.5. The van der Waals surface area contributed by atoms with Crippen LogP contribution >= 0.6 is 0 Å². The number of aryl methyl sites for hydroxylation is 2. The molecule has 1 aromatic rings. The fourth-order valence-corrected chi connectivity index (χ4v) is 4.43. The average molecular weight is 466 g/mol. The number of carbonyl (C=O) groups is 3. The number of nitrogens with zero attached hydrogens (tertiary/aromatic N) is 3. The summed E-state index contributed by atoms with van der Waals surface area (Å²) in [7, 11) is 1.94. The van der Waals surface area contributed by atoms with Gasteiger partial charge in [-0.05, 0) is 50.4 Å². The fourth-order valence-electron chi connectivity index (χ4n) is 4.43. The Hall–Kier alpha value is -2.37. The van der Waals surface area contributed by atoms with Gasteiger partial charge in [-0.3, -0.25) is 19.6 Å². The van der Waals surface area contributed by atoms with Gasteiger partial charge in [-0.25, -0.2) is 4.79 Å². The zero-order chi connectivity index (χ0) is 23.6. The largest absolute Gasteiger partial charge is 0.449 e. The Bertz CT molecular complexity index is 813. The highest BCUT2D eigenvalue weighted by molar-refractivity contribution is 5.82. The van der Waals surface area contributed by atoms with Crippen molar-refractivity contribution < 1.29 is 28.6 Å². The van der Waals surface area contributed by atoms with Crippen LogP contribution in [0.4, 0.5) is 4.79 Å². The van der Waals surface area contributed by atoms with E-state index in [1.54, 1.807) is 0 Å². The Kier molecular flexibility index (Phi) is 9.76. The summed E-state index contributed by atoms with van der Waals surface area (Å²) in [6.45, 7) is 3.21. The number of carbonyl (C=O) groups excluding carboxylic acids is 3. The molecule has 1 amide bonds. The van der Waals surface area contributed by atoms with Crippen LogP contribution in [-0.2, 0) is 43.7 Å². The molecular formula is C22H35N5O6. The molecule has 0 spiro atoms. The van der Waals surface area contributed by atoms with Crippen LogP contribution in [0.3, 0.4) is 0 Å². The van der Waals surface area contributed by atoms with E-state index in [-0.39, 0.29) is 37.8 Å². The van der Waals surface area contributed by atoms with Crippen LogP contribution in [0.2, 0.25) is 0 Å². The molecule has 1 fully saturated rings. The number of alkyl carbamates (subject to hydrolysis) is 1. The topological polar surface area (TPSA) is 134 Å². The SMILES string of the molecule is CC(=O)CNCC(=O)CCOCCOCNC(=O)OC[C@@H]1[C@@H]2CCc3nnn(C)c3CC[C@@H]21. The van der Waals surface area contributed by atoms with Crippen molar-refractivity contribution in [1.29, 1.82) is 0 Å². The highest BCUT2D eigenvalue weighted by Crippen LogP contribution is 2.52. The lowest BCUT2D eigenvalue weighted by molar-refractivity contribution is -0.119. The molecule has 3 rings (SSSR count). The van der Waals surface area contributed by atoms with Gasteiger partial charge in [-0.15, -0.1) is 5.10 Å². The second kappa shape index (κ2) is 12.8. The summed E-state index contributed by atoms with van der Waals surface area (Å²) in [4.78, 5) is 34.3. The number of ether oxygens (including phenoxy) is 3. The predicted octanol–water partition coefficient (Wildman–Crippen LogP) is 0.411. The number of fused-ring (bicyclic) bond motifs is 2. The van der Waals surface area contributed by atoms with Gasteiger partial charge in [0.1, 0.15) is 18.3 Å². The molecule has 33 heavy (non-hydrogen) atoms. The molecule has 2 N–H and O–H groups in total. The van der Waals surface area contributed by atoms with E-state index in [1.165, 1.54) is 12.6 Å². The van der Waals surface area contributed by atoms with Gasteiger partial charge >= 0.3 is 6.09 Å². The monoisotopic (exact) mass is 465 g/mol. The Balaban J connectivity index is 1.16. The normalized spacial score (nSPS) is 21.3. The number of ketones is 2. The fraction of sp³-hybridized carbons (Fsp3) is 0.773. The van der Waals surface area contributed by atoms with Gasteiger partial charge in [0, 0.05) is 13.5 Å². The smallest absolute Gasteiger partial charge is 0.408 e. The Morgan fingerprint density at radius 1 is 1.06 bits per heavy atom. The highest BCUT2D eigenvalue weighted by Gasteiger charge is 2.50. The maximum absolute atomic E-state index is 11.9. The van der Waals surface area contributed by atoms with Crippen LogP contribution < -0.4 is 10.6 Å². The lowest BCUT2D eigenvalue weighted by Gasteiger charge is -2.08. The second-order valence-corrected chi connectivity index (χ2v) is 8.71. The maximum Gasteiger partial charge on any atom is 0.408 e. The van der Waals surface area contributed by atoms with Gasteiger partial charge in [0.2, 0.25) is 0 Å². The van der Waals surface area contributed by atoms with Crippen molar-refractivity contribution in [2.45, 2.75) is 39.0 Å². The molecular weight excluding hydrogens is 430 g/mol. The average Bonchev–Trinajstić information content (AvgIpc) is 3.30. The van der Waals surface area contributed by atoms with E-state index in [2.05, 4.69) is 20.9 Å². The van der Waals surface area contributed by atoms with E-state index in [9.17, 15) is 14.4 Å². The molecule has 1 heterocycles. The van der Waals surface area contributed by atoms with Crippen LogP contribution in [0, 0.1) is 17.8 Å². The quantitative estimate of drug-likeness (QED) is 0.296. The van der Waals surface area contributed by atoms with Crippen LogP contribution in [0.5, 0.6) is 0 Å². The van der Waals surface area contributed by atoms with Crippen LogP contribution in [0.15, 0.2) is 0 Å². The van der Waals surface area contributed by atoms with E-state index in [0.29, 0.717) is 44.2 Å². The molecule has 11 heteroatoms. The molecule has 0 bridgehead atoms. The molecule has 1 saturated carbocycles. The van der Waals surface area contributed by atoms with Gasteiger partial charge in [-0.1, -0.05) is 5.21 Å². The summed E-state index contributed by atoms with van der Waals surface area (Å²) in [5, 5.41) is 13.7. The molecule has 11 nitrogen and oxygen atoms in total. The van der Waals surface area contributed by atoms with Crippen LogP contribution in [0.1, 0.15) is 37.6 Å². The van der Waals surface area contributed by atoms with E-state index >= 15 is 0 Å². The van der Waals surface area contributed by atoms with Gasteiger partial charge in [0.05, 0.1) is 50.9 Å². The molecule has 0 radical (unpaired) electrons. The van der Waals surface area contributed by atoms with Crippen molar-refractivity contribution in [2.24, 2.45) is 24.8 Å². The van der Waals surface area contributed by atoms with Crippen molar-refractivity contribution in [3.8, 4) is 0 Å².